The molecule has 1 aliphatic carbocycles. The van der Waals surface area contributed by atoms with Crippen molar-refractivity contribution in [1.82, 2.24) is 4.90 Å². The second-order valence-corrected chi connectivity index (χ2v) is 5.71. The van der Waals surface area contributed by atoms with Crippen LogP contribution >= 0.6 is 0 Å². The zero-order chi connectivity index (χ0) is 16.6. The molecular formula is C16H18N2O5. The number of nitrogens with zero attached hydrogens (tertiary/aromatic N) is 1. The van der Waals surface area contributed by atoms with Crippen molar-refractivity contribution in [3.8, 4) is 5.75 Å². The van der Waals surface area contributed by atoms with Crippen LogP contribution in [0.4, 0.5) is 5.69 Å². The fraction of sp³-hybridized carbons (Fsp3) is 0.438. The molecule has 0 radical (unpaired) electrons. The molecule has 0 aromatic heterocycles. The lowest BCUT2D eigenvalue weighted by atomic mass is 9.85. The Kier molecular flexibility index (Phi) is 4.04. The van der Waals surface area contributed by atoms with Crippen LogP contribution in [0.5, 0.6) is 5.75 Å². The largest absolute Gasteiger partial charge is 0.505 e. The van der Waals surface area contributed by atoms with Crippen molar-refractivity contribution in [2.75, 3.05) is 25.5 Å². The lowest BCUT2D eigenvalue weighted by Crippen LogP contribution is -2.61. The van der Waals surface area contributed by atoms with Crippen molar-refractivity contribution in [2.45, 2.75) is 25.0 Å². The maximum atomic E-state index is 12.4. The quantitative estimate of drug-likeness (QED) is 0.622. The molecule has 1 aromatic carbocycles. The molecule has 2 N–H and O–H groups in total. The van der Waals surface area contributed by atoms with Gasteiger partial charge in [0.05, 0.1) is 11.3 Å². The number of carbonyl (C=O) groups is 3. The van der Waals surface area contributed by atoms with Gasteiger partial charge in [0, 0.05) is 20.2 Å². The predicted molar refractivity (Wildman–Crippen MR) is 81.5 cm³/mol. The fourth-order valence-electron chi connectivity index (χ4n) is 2.96. The second-order valence-electron chi connectivity index (χ2n) is 5.71. The van der Waals surface area contributed by atoms with Crippen LogP contribution in [0.15, 0.2) is 18.2 Å². The third kappa shape index (κ3) is 2.57. The van der Waals surface area contributed by atoms with E-state index >= 15 is 0 Å². The molecule has 0 spiro atoms. The van der Waals surface area contributed by atoms with Crippen LogP contribution in [0.2, 0.25) is 0 Å². The van der Waals surface area contributed by atoms with Gasteiger partial charge < -0.3 is 20.1 Å². The molecule has 2 aliphatic rings. The first kappa shape index (κ1) is 15.5. The number of methoxy groups -OCH3 is 1. The van der Waals surface area contributed by atoms with Crippen molar-refractivity contribution >= 4 is 23.2 Å². The van der Waals surface area contributed by atoms with E-state index in [4.69, 9.17) is 4.74 Å². The third-order valence-electron chi connectivity index (χ3n) is 4.31. The summed E-state index contributed by atoms with van der Waals surface area (Å²) in [4.78, 5) is 37.1. The lowest BCUT2D eigenvalue weighted by molar-refractivity contribution is -0.154. The average molecular weight is 318 g/mol. The molecule has 1 saturated carbocycles. The van der Waals surface area contributed by atoms with E-state index in [1.165, 1.54) is 7.11 Å². The Balaban J connectivity index is 1.81. The van der Waals surface area contributed by atoms with Gasteiger partial charge in [-0.15, -0.1) is 0 Å². The Morgan fingerprint density at radius 2 is 1.96 bits per heavy atom. The van der Waals surface area contributed by atoms with Crippen LogP contribution in [-0.4, -0.2) is 59.8 Å². The molecule has 1 amide bonds. The van der Waals surface area contributed by atoms with E-state index in [0.29, 0.717) is 13.1 Å². The van der Waals surface area contributed by atoms with E-state index in [1.54, 1.807) is 23.1 Å². The molecule has 1 aromatic rings. The number of likely N-dealkylation sites (tertiary alicyclic amines) is 1. The maximum Gasteiger partial charge on any atom is 0.257 e. The number of phenols is 1. The molecule has 122 valence electrons. The van der Waals surface area contributed by atoms with E-state index in [1.807, 2.05) is 0 Å². The summed E-state index contributed by atoms with van der Waals surface area (Å²) in [5.41, 5.74) is 0.423. The molecule has 2 atom stereocenters. The standard InChI is InChI=1S/C16H18N2O5/c1-23-15-11(13(20)14(15)21)17-10-6-4-5-9(12(10)19)16(22)18-7-2-3-8-18/h4-6,11,15,17,19H,2-3,7-8H2,1H3. The van der Waals surface area contributed by atoms with Gasteiger partial charge in [-0.1, -0.05) is 6.07 Å². The van der Waals surface area contributed by atoms with E-state index in [0.717, 1.165) is 12.8 Å². The molecule has 3 rings (SSSR count). The van der Waals surface area contributed by atoms with E-state index in [-0.39, 0.29) is 22.9 Å². The number of carbonyl (C=O) groups excluding carboxylic acids is 3. The number of ketones is 2. The molecule has 1 heterocycles. The van der Waals surface area contributed by atoms with Crippen molar-refractivity contribution < 1.29 is 24.2 Å². The summed E-state index contributed by atoms with van der Waals surface area (Å²) in [6.45, 7) is 1.36. The van der Waals surface area contributed by atoms with Gasteiger partial charge >= 0.3 is 0 Å². The Bertz CT molecular complexity index is 666. The van der Waals surface area contributed by atoms with Gasteiger partial charge in [-0.05, 0) is 25.0 Å². The number of rotatable bonds is 4. The molecule has 0 bridgehead atoms. The molecule has 1 aliphatic heterocycles. The van der Waals surface area contributed by atoms with Gasteiger partial charge in [-0.25, -0.2) is 0 Å². The molecule has 2 unspecified atom stereocenters. The van der Waals surface area contributed by atoms with E-state index < -0.39 is 23.7 Å². The number of anilines is 1. The molecular weight excluding hydrogens is 300 g/mol. The van der Waals surface area contributed by atoms with Gasteiger partial charge in [0.1, 0.15) is 6.04 Å². The minimum absolute atomic E-state index is 0.184. The number of amides is 1. The zero-order valence-corrected chi connectivity index (χ0v) is 12.7. The maximum absolute atomic E-state index is 12.4. The van der Waals surface area contributed by atoms with Crippen LogP contribution in [0.1, 0.15) is 23.2 Å². The highest BCUT2D eigenvalue weighted by Gasteiger charge is 2.50. The van der Waals surface area contributed by atoms with Gasteiger partial charge in [0.25, 0.3) is 5.91 Å². The van der Waals surface area contributed by atoms with Gasteiger partial charge in [0.2, 0.25) is 11.6 Å². The van der Waals surface area contributed by atoms with Crippen molar-refractivity contribution in [3.63, 3.8) is 0 Å². The molecule has 7 heteroatoms. The Morgan fingerprint density at radius 3 is 2.61 bits per heavy atom. The van der Waals surface area contributed by atoms with Gasteiger partial charge in [0.15, 0.2) is 11.9 Å². The first-order valence-electron chi connectivity index (χ1n) is 7.53. The highest BCUT2D eigenvalue weighted by molar-refractivity contribution is 6.49. The van der Waals surface area contributed by atoms with E-state index in [9.17, 15) is 19.5 Å². The molecule has 23 heavy (non-hydrogen) atoms. The predicted octanol–water partition coefficient (Wildman–Crippen LogP) is 0.575. The first-order valence-corrected chi connectivity index (χ1v) is 7.53. The summed E-state index contributed by atoms with van der Waals surface area (Å²) in [7, 11) is 1.34. The number of aromatic hydroxyl groups is 1. The number of nitrogens with one attached hydrogen (secondary N) is 1. The summed E-state index contributed by atoms with van der Waals surface area (Å²) in [6, 6.07) is 3.88. The number of benzene rings is 1. The topological polar surface area (TPSA) is 95.9 Å². The van der Waals surface area contributed by atoms with Crippen LogP contribution in [0, 0.1) is 0 Å². The fourth-order valence-corrected chi connectivity index (χ4v) is 2.96. The summed E-state index contributed by atoms with van der Waals surface area (Å²) in [5.74, 6) is -1.63. The highest BCUT2D eigenvalue weighted by atomic mass is 16.5. The minimum atomic E-state index is -0.861. The summed E-state index contributed by atoms with van der Waals surface area (Å²) < 4.78 is 4.96. The Morgan fingerprint density at radius 1 is 1.26 bits per heavy atom. The number of ether oxygens (including phenoxy) is 1. The average Bonchev–Trinajstić information content (AvgIpc) is 3.09. The molecule has 7 nitrogen and oxygen atoms in total. The van der Waals surface area contributed by atoms with Crippen LogP contribution in [0.25, 0.3) is 0 Å². The van der Waals surface area contributed by atoms with E-state index in [2.05, 4.69) is 5.32 Å². The highest BCUT2D eigenvalue weighted by Crippen LogP contribution is 2.32. The minimum Gasteiger partial charge on any atom is -0.505 e. The number of para-hydroxylation sites is 1. The second kappa shape index (κ2) is 6.00. The van der Waals surface area contributed by atoms with Crippen molar-refractivity contribution in [2.24, 2.45) is 0 Å². The third-order valence-corrected chi connectivity index (χ3v) is 4.31. The smallest absolute Gasteiger partial charge is 0.257 e. The number of phenolic OH excluding ortho intramolecular Hbond substituents is 1. The Hall–Kier alpha value is -2.41. The van der Waals surface area contributed by atoms with Gasteiger partial charge in [-0.3, -0.25) is 14.4 Å². The normalized spacial score (nSPS) is 23.8. The monoisotopic (exact) mass is 318 g/mol. The first-order chi connectivity index (χ1) is 11.0. The molecule has 1 saturated heterocycles. The summed E-state index contributed by atoms with van der Waals surface area (Å²) in [6.07, 6.45) is 1.05. The number of hydrogen-bond donors (Lipinski definition) is 2. The summed E-state index contributed by atoms with van der Waals surface area (Å²) >= 11 is 0. The van der Waals surface area contributed by atoms with Gasteiger partial charge in [-0.2, -0.15) is 0 Å². The van der Waals surface area contributed by atoms with Crippen LogP contribution in [0.3, 0.4) is 0 Å². The molecule has 2 fully saturated rings. The summed E-state index contributed by atoms with van der Waals surface area (Å²) in [5, 5.41) is 13.1. The number of Topliss-reactive ketones (excluding diaryl/α,β-unsaturated/α-hetero) is 2. The van der Waals surface area contributed by atoms with Crippen LogP contribution < -0.4 is 5.32 Å². The Labute approximate surface area is 133 Å². The lowest BCUT2D eigenvalue weighted by Gasteiger charge is -2.33. The van der Waals surface area contributed by atoms with Crippen molar-refractivity contribution in [3.05, 3.63) is 23.8 Å². The van der Waals surface area contributed by atoms with Crippen molar-refractivity contribution in [1.29, 1.82) is 0 Å². The SMILES string of the molecule is COC1C(=O)C(=O)C1Nc1cccc(C(=O)N2CCCC2)c1O. The van der Waals surface area contributed by atoms with Crippen LogP contribution in [-0.2, 0) is 14.3 Å². The zero-order valence-electron chi connectivity index (χ0n) is 12.7. The number of hydrogen-bond acceptors (Lipinski definition) is 6.